The first kappa shape index (κ1) is 16.1. The standard InChI is InChI=1S/C18H28Si/c1-5-7-8-9-10-15-18(3,4)19-17-13-11-16(6-2)12-14-17/h2,11-14H,5,7-10,15,19H2,1,3-4H3. The highest BCUT2D eigenvalue weighted by atomic mass is 28.2. The molecule has 0 amide bonds. The van der Waals surface area contributed by atoms with Crippen molar-refractivity contribution in [1.29, 1.82) is 0 Å². The molecule has 0 spiro atoms. The molecule has 0 radical (unpaired) electrons. The van der Waals surface area contributed by atoms with E-state index in [2.05, 4.69) is 51.0 Å². The van der Waals surface area contributed by atoms with Gasteiger partial charge in [-0.1, -0.05) is 82.5 Å². The highest BCUT2D eigenvalue weighted by molar-refractivity contribution is 6.56. The van der Waals surface area contributed by atoms with Gasteiger partial charge in [-0.2, -0.15) is 0 Å². The molecule has 0 saturated heterocycles. The van der Waals surface area contributed by atoms with Gasteiger partial charge in [-0.15, -0.1) is 6.42 Å². The zero-order valence-corrected chi connectivity index (χ0v) is 14.3. The summed E-state index contributed by atoms with van der Waals surface area (Å²) in [7, 11) is -0.215. The van der Waals surface area contributed by atoms with Crippen molar-refractivity contribution in [3.8, 4) is 12.3 Å². The molecule has 0 N–H and O–H groups in total. The maximum absolute atomic E-state index is 5.39. The topological polar surface area (TPSA) is 0 Å². The van der Waals surface area contributed by atoms with Crippen LogP contribution >= 0.6 is 0 Å². The highest BCUT2D eigenvalue weighted by Gasteiger charge is 2.18. The van der Waals surface area contributed by atoms with E-state index in [-0.39, 0.29) is 9.52 Å². The molecule has 1 aromatic carbocycles. The van der Waals surface area contributed by atoms with E-state index in [0.29, 0.717) is 5.04 Å². The van der Waals surface area contributed by atoms with Crippen molar-refractivity contribution >= 4 is 14.7 Å². The van der Waals surface area contributed by atoms with Crippen LogP contribution in [0, 0.1) is 12.3 Å². The Balaban J connectivity index is 2.38. The van der Waals surface area contributed by atoms with Crippen LogP contribution in [0.3, 0.4) is 0 Å². The third-order valence-electron chi connectivity index (χ3n) is 3.76. The van der Waals surface area contributed by atoms with Crippen LogP contribution in [0.4, 0.5) is 0 Å². The molecule has 104 valence electrons. The first-order valence-electron chi connectivity index (χ1n) is 7.63. The van der Waals surface area contributed by atoms with Crippen LogP contribution in [0.15, 0.2) is 24.3 Å². The molecular formula is C18H28Si. The van der Waals surface area contributed by atoms with E-state index in [4.69, 9.17) is 6.42 Å². The Morgan fingerprint density at radius 1 is 1.05 bits per heavy atom. The molecule has 0 unspecified atom stereocenters. The lowest BCUT2D eigenvalue weighted by Crippen LogP contribution is -2.25. The molecule has 0 heterocycles. The van der Waals surface area contributed by atoms with Crippen molar-refractivity contribution in [2.24, 2.45) is 0 Å². The van der Waals surface area contributed by atoms with E-state index in [1.165, 1.54) is 43.7 Å². The molecular weight excluding hydrogens is 244 g/mol. The first-order valence-corrected chi connectivity index (χ1v) is 9.04. The predicted octanol–water partition coefficient (Wildman–Crippen LogP) is 4.02. The summed E-state index contributed by atoms with van der Waals surface area (Å²) >= 11 is 0. The van der Waals surface area contributed by atoms with E-state index in [1.54, 1.807) is 0 Å². The van der Waals surface area contributed by atoms with Crippen molar-refractivity contribution in [1.82, 2.24) is 0 Å². The van der Waals surface area contributed by atoms with Crippen molar-refractivity contribution in [2.45, 2.75) is 64.3 Å². The minimum atomic E-state index is -0.215. The molecule has 0 aromatic heterocycles. The summed E-state index contributed by atoms with van der Waals surface area (Å²) in [5.74, 6) is 2.69. The molecule has 0 saturated carbocycles. The summed E-state index contributed by atoms with van der Waals surface area (Å²) in [6.07, 6.45) is 13.7. The van der Waals surface area contributed by atoms with Gasteiger partial charge in [0.25, 0.3) is 0 Å². The third kappa shape index (κ3) is 6.64. The van der Waals surface area contributed by atoms with E-state index >= 15 is 0 Å². The van der Waals surface area contributed by atoms with E-state index in [1.807, 2.05) is 0 Å². The molecule has 19 heavy (non-hydrogen) atoms. The van der Waals surface area contributed by atoms with Gasteiger partial charge < -0.3 is 0 Å². The average Bonchev–Trinajstić information content (AvgIpc) is 2.39. The van der Waals surface area contributed by atoms with Crippen molar-refractivity contribution < 1.29 is 0 Å². The van der Waals surface area contributed by atoms with Crippen molar-refractivity contribution in [2.75, 3.05) is 0 Å². The summed E-state index contributed by atoms with van der Waals surface area (Å²) in [4.78, 5) is 0. The van der Waals surface area contributed by atoms with Gasteiger partial charge >= 0.3 is 0 Å². The van der Waals surface area contributed by atoms with Crippen molar-refractivity contribution in [3.05, 3.63) is 29.8 Å². The Morgan fingerprint density at radius 2 is 1.68 bits per heavy atom. The second-order valence-corrected chi connectivity index (χ2v) is 9.43. The minimum Gasteiger partial charge on any atom is -0.115 e. The number of terminal acetylenes is 1. The molecule has 1 rings (SSSR count). The molecule has 0 nitrogen and oxygen atoms in total. The molecule has 0 atom stereocenters. The fraction of sp³-hybridized carbons (Fsp3) is 0.556. The Kier molecular flexibility index (Phi) is 6.95. The van der Waals surface area contributed by atoms with Gasteiger partial charge in [-0.25, -0.2) is 0 Å². The molecule has 0 aliphatic carbocycles. The van der Waals surface area contributed by atoms with Gasteiger partial charge in [0.1, 0.15) is 0 Å². The Hall–Kier alpha value is -1.00. The summed E-state index contributed by atoms with van der Waals surface area (Å²) in [6, 6.07) is 8.64. The molecule has 0 fully saturated rings. The Labute approximate surface area is 121 Å². The lowest BCUT2D eigenvalue weighted by Gasteiger charge is -2.24. The molecule has 0 aliphatic rings. The number of hydrogen-bond acceptors (Lipinski definition) is 0. The minimum absolute atomic E-state index is 0.215. The number of hydrogen-bond donors (Lipinski definition) is 0. The Bertz CT molecular complexity index is 395. The second-order valence-electron chi connectivity index (χ2n) is 6.35. The van der Waals surface area contributed by atoms with Crippen LogP contribution in [0.2, 0.25) is 5.04 Å². The Morgan fingerprint density at radius 3 is 2.26 bits per heavy atom. The van der Waals surface area contributed by atoms with Crippen LogP contribution in [-0.4, -0.2) is 9.52 Å². The van der Waals surface area contributed by atoms with Crippen LogP contribution in [0.1, 0.15) is 64.9 Å². The number of benzene rings is 1. The fourth-order valence-electron chi connectivity index (χ4n) is 2.57. The molecule has 1 heteroatoms. The first-order chi connectivity index (χ1) is 9.07. The SMILES string of the molecule is C#Cc1ccc([SiH2]C(C)(C)CCCCCCC)cc1. The van der Waals surface area contributed by atoms with E-state index in [0.717, 1.165) is 5.56 Å². The van der Waals surface area contributed by atoms with Gasteiger partial charge in [0.05, 0.1) is 9.52 Å². The highest BCUT2D eigenvalue weighted by Crippen LogP contribution is 2.30. The average molecular weight is 273 g/mol. The fourth-order valence-corrected chi connectivity index (χ4v) is 4.57. The lowest BCUT2D eigenvalue weighted by molar-refractivity contribution is 0.531. The quantitative estimate of drug-likeness (QED) is 0.381. The number of unbranched alkanes of at least 4 members (excludes halogenated alkanes) is 4. The third-order valence-corrected chi connectivity index (χ3v) is 5.95. The molecule has 1 aromatic rings. The van der Waals surface area contributed by atoms with Gasteiger partial charge in [0.2, 0.25) is 0 Å². The van der Waals surface area contributed by atoms with Gasteiger partial charge in [0.15, 0.2) is 0 Å². The smallest absolute Gasteiger partial charge is 0.0603 e. The summed E-state index contributed by atoms with van der Waals surface area (Å²) < 4.78 is 0. The molecule has 0 bridgehead atoms. The number of rotatable bonds is 8. The summed E-state index contributed by atoms with van der Waals surface area (Å²) in [6.45, 7) is 7.15. The lowest BCUT2D eigenvalue weighted by atomic mass is 10.0. The van der Waals surface area contributed by atoms with E-state index in [9.17, 15) is 0 Å². The van der Waals surface area contributed by atoms with Gasteiger partial charge in [-0.05, 0) is 17.2 Å². The van der Waals surface area contributed by atoms with Crippen LogP contribution in [0.25, 0.3) is 0 Å². The normalized spacial score (nSPS) is 11.9. The van der Waals surface area contributed by atoms with Crippen LogP contribution in [0.5, 0.6) is 0 Å². The summed E-state index contributed by atoms with van der Waals surface area (Å²) in [5, 5.41) is 2.07. The summed E-state index contributed by atoms with van der Waals surface area (Å²) in [5.41, 5.74) is 0.995. The monoisotopic (exact) mass is 272 g/mol. The van der Waals surface area contributed by atoms with Crippen LogP contribution in [-0.2, 0) is 0 Å². The van der Waals surface area contributed by atoms with Crippen molar-refractivity contribution in [3.63, 3.8) is 0 Å². The second kappa shape index (κ2) is 8.22. The zero-order valence-electron chi connectivity index (χ0n) is 12.8. The predicted molar refractivity (Wildman–Crippen MR) is 90.0 cm³/mol. The maximum Gasteiger partial charge on any atom is 0.0603 e. The van der Waals surface area contributed by atoms with Gasteiger partial charge in [0, 0.05) is 5.56 Å². The zero-order chi connectivity index (χ0) is 14.1. The van der Waals surface area contributed by atoms with Crippen LogP contribution < -0.4 is 5.19 Å². The largest absolute Gasteiger partial charge is 0.115 e. The molecule has 0 aliphatic heterocycles. The maximum atomic E-state index is 5.39. The van der Waals surface area contributed by atoms with E-state index < -0.39 is 0 Å². The van der Waals surface area contributed by atoms with Gasteiger partial charge in [-0.3, -0.25) is 0 Å².